The number of nitrogens with one attached hydrogen (secondary N) is 2. The monoisotopic (exact) mass is 311 g/mol. The predicted octanol–water partition coefficient (Wildman–Crippen LogP) is 2.50. The van der Waals surface area contributed by atoms with Gasteiger partial charge < -0.3 is 5.32 Å². The number of nitrogens with zero attached hydrogens (tertiary/aromatic N) is 1. The van der Waals surface area contributed by atoms with E-state index < -0.39 is 10.2 Å². The fourth-order valence-electron chi connectivity index (χ4n) is 2.69. The van der Waals surface area contributed by atoms with E-state index in [1.807, 2.05) is 38.1 Å². The Morgan fingerprint density at radius 2 is 1.86 bits per heavy atom. The van der Waals surface area contributed by atoms with Gasteiger partial charge in [-0.1, -0.05) is 31.5 Å². The molecule has 1 aliphatic rings. The molecule has 0 aromatic heterocycles. The Morgan fingerprint density at radius 1 is 1.19 bits per heavy atom. The molecule has 6 heteroatoms. The summed E-state index contributed by atoms with van der Waals surface area (Å²) in [4.78, 5) is 0. The highest BCUT2D eigenvalue weighted by Crippen LogP contribution is 2.25. The van der Waals surface area contributed by atoms with Gasteiger partial charge in [0, 0.05) is 19.1 Å². The topological polar surface area (TPSA) is 61.4 Å². The van der Waals surface area contributed by atoms with Crippen LogP contribution in [0.15, 0.2) is 24.3 Å². The van der Waals surface area contributed by atoms with Crippen molar-refractivity contribution in [1.82, 2.24) is 9.62 Å². The van der Waals surface area contributed by atoms with E-state index in [1.54, 1.807) is 4.31 Å². The zero-order chi connectivity index (χ0) is 15.3. The third-order valence-electron chi connectivity index (χ3n) is 3.83. The maximum absolute atomic E-state index is 12.5. The van der Waals surface area contributed by atoms with Crippen LogP contribution < -0.4 is 10.0 Å². The zero-order valence-corrected chi connectivity index (χ0v) is 13.6. The lowest BCUT2D eigenvalue weighted by Gasteiger charge is -2.27. The van der Waals surface area contributed by atoms with Crippen LogP contribution in [-0.2, 0) is 10.2 Å². The quantitative estimate of drug-likeness (QED) is 0.848. The highest BCUT2D eigenvalue weighted by atomic mass is 32.2. The Balaban J connectivity index is 2.18. The summed E-state index contributed by atoms with van der Waals surface area (Å²) in [6, 6.07) is 7.68. The molecule has 118 valence electrons. The van der Waals surface area contributed by atoms with Gasteiger partial charge in [0.15, 0.2) is 0 Å². The number of hydrogen-bond donors (Lipinski definition) is 2. The van der Waals surface area contributed by atoms with Gasteiger partial charge in [-0.25, -0.2) is 0 Å². The lowest BCUT2D eigenvalue weighted by atomic mass is 10.1. The lowest BCUT2D eigenvalue weighted by Crippen LogP contribution is -2.39. The van der Waals surface area contributed by atoms with Gasteiger partial charge in [-0.3, -0.25) is 4.72 Å². The zero-order valence-electron chi connectivity index (χ0n) is 12.8. The standard InChI is InChI=1S/C15H25N3O2S/c1-3-16-13(2)14-9-5-6-10-15(14)17-21(19,20)18-11-7-4-8-12-18/h5-6,9-10,13,16-17H,3-4,7-8,11-12H2,1-2H3. The maximum Gasteiger partial charge on any atom is 0.301 e. The van der Waals surface area contributed by atoms with Crippen LogP contribution in [0.25, 0.3) is 0 Å². The first-order chi connectivity index (χ1) is 10.0. The average molecular weight is 311 g/mol. The molecule has 1 aromatic rings. The molecule has 0 radical (unpaired) electrons. The second-order valence-electron chi connectivity index (χ2n) is 5.43. The molecule has 0 spiro atoms. The molecule has 0 aliphatic carbocycles. The Labute approximate surface area is 127 Å². The summed E-state index contributed by atoms with van der Waals surface area (Å²) in [5.74, 6) is 0. The van der Waals surface area contributed by atoms with Crippen LogP contribution in [0.2, 0.25) is 0 Å². The van der Waals surface area contributed by atoms with Gasteiger partial charge in [0.05, 0.1) is 5.69 Å². The van der Waals surface area contributed by atoms with Crippen molar-refractivity contribution in [2.24, 2.45) is 0 Å². The van der Waals surface area contributed by atoms with Crippen molar-refractivity contribution in [3.8, 4) is 0 Å². The Morgan fingerprint density at radius 3 is 2.52 bits per heavy atom. The van der Waals surface area contributed by atoms with E-state index in [-0.39, 0.29) is 6.04 Å². The molecule has 1 saturated heterocycles. The predicted molar refractivity (Wildman–Crippen MR) is 86.5 cm³/mol. The van der Waals surface area contributed by atoms with Gasteiger partial charge in [0.2, 0.25) is 0 Å². The van der Waals surface area contributed by atoms with Crippen molar-refractivity contribution < 1.29 is 8.42 Å². The van der Waals surface area contributed by atoms with Crippen LogP contribution in [0, 0.1) is 0 Å². The molecule has 1 heterocycles. The minimum absolute atomic E-state index is 0.107. The third kappa shape index (κ3) is 4.18. The van der Waals surface area contributed by atoms with Crippen molar-refractivity contribution in [3.05, 3.63) is 29.8 Å². The van der Waals surface area contributed by atoms with Gasteiger partial charge in [-0.05, 0) is 37.9 Å². The number of piperidine rings is 1. The van der Waals surface area contributed by atoms with Gasteiger partial charge in [0.25, 0.3) is 0 Å². The van der Waals surface area contributed by atoms with Crippen LogP contribution in [0.5, 0.6) is 0 Å². The van der Waals surface area contributed by atoms with E-state index in [0.717, 1.165) is 31.4 Å². The fourth-order valence-corrected chi connectivity index (χ4v) is 4.02. The SMILES string of the molecule is CCNC(C)c1ccccc1NS(=O)(=O)N1CCCCC1. The molecule has 2 N–H and O–H groups in total. The second kappa shape index (κ2) is 7.24. The second-order valence-corrected chi connectivity index (χ2v) is 7.10. The number of anilines is 1. The van der Waals surface area contributed by atoms with Crippen molar-refractivity contribution >= 4 is 15.9 Å². The van der Waals surface area contributed by atoms with Gasteiger partial charge >= 0.3 is 10.2 Å². The van der Waals surface area contributed by atoms with E-state index in [0.29, 0.717) is 18.8 Å². The average Bonchev–Trinajstić information content (AvgIpc) is 2.48. The van der Waals surface area contributed by atoms with Crippen molar-refractivity contribution in [2.75, 3.05) is 24.4 Å². The summed E-state index contributed by atoms with van der Waals surface area (Å²) >= 11 is 0. The molecule has 0 saturated carbocycles. The summed E-state index contributed by atoms with van der Waals surface area (Å²) in [7, 11) is -3.45. The van der Waals surface area contributed by atoms with Crippen LogP contribution in [0.1, 0.15) is 44.7 Å². The summed E-state index contributed by atoms with van der Waals surface area (Å²) < 4.78 is 29.3. The summed E-state index contributed by atoms with van der Waals surface area (Å²) in [5, 5.41) is 3.32. The molecular weight excluding hydrogens is 286 g/mol. The first-order valence-electron chi connectivity index (χ1n) is 7.65. The summed E-state index contributed by atoms with van der Waals surface area (Å²) in [5.41, 5.74) is 1.64. The highest BCUT2D eigenvalue weighted by molar-refractivity contribution is 7.90. The molecule has 2 rings (SSSR count). The molecule has 1 aliphatic heterocycles. The molecule has 1 fully saturated rings. The molecule has 21 heavy (non-hydrogen) atoms. The molecule has 5 nitrogen and oxygen atoms in total. The number of benzene rings is 1. The summed E-state index contributed by atoms with van der Waals surface area (Å²) in [6.07, 6.45) is 2.99. The Hall–Kier alpha value is -1.11. The lowest BCUT2D eigenvalue weighted by molar-refractivity contribution is 0.349. The van der Waals surface area contributed by atoms with Crippen molar-refractivity contribution in [1.29, 1.82) is 0 Å². The maximum atomic E-state index is 12.5. The molecule has 1 unspecified atom stereocenters. The molecule has 0 bridgehead atoms. The molecule has 0 amide bonds. The molecule has 1 atom stereocenters. The molecule has 1 aromatic carbocycles. The van der Waals surface area contributed by atoms with Crippen LogP contribution in [0.4, 0.5) is 5.69 Å². The minimum Gasteiger partial charge on any atom is -0.310 e. The smallest absolute Gasteiger partial charge is 0.301 e. The van der Waals surface area contributed by atoms with E-state index in [4.69, 9.17) is 0 Å². The van der Waals surface area contributed by atoms with E-state index in [2.05, 4.69) is 10.0 Å². The van der Waals surface area contributed by atoms with Crippen LogP contribution in [0.3, 0.4) is 0 Å². The van der Waals surface area contributed by atoms with Crippen molar-refractivity contribution in [3.63, 3.8) is 0 Å². The third-order valence-corrected chi connectivity index (χ3v) is 5.35. The van der Waals surface area contributed by atoms with E-state index >= 15 is 0 Å². The highest BCUT2D eigenvalue weighted by Gasteiger charge is 2.24. The largest absolute Gasteiger partial charge is 0.310 e. The first kappa shape index (κ1) is 16.3. The minimum atomic E-state index is -3.45. The van der Waals surface area contributed by atoms with Crippen LogP contribution >= 0.6 is 0 Å². The van der Waals surface area contributed by atoms with Crippen molar-refractivity contribution in [2.45, 2.75) is 39.2 Å². The number of rotatable bonds is 6. The number of para-hydroxylation sites is 1. The van der Waals surface area contributed by atoms with Gasteiger partial charge in [-0.15, -0.1) is 0 Å². The summed E-state index contributed by atoms with van der Waals surface area (Å²) in [6.45, 7) is 6.14. The number of hydrogen-bond acceptors (Lipinski definition) is 3. The first-order valence-corrected chi connectivity index (χ1v) is 9.09. The van der Waals surface area contributed by atoms with Gasteiger partial charge in [0.1, 0.15) is 0 Å². The van der Waals surface area contributed by atoms with Crippen LogP contribution in [-0.4, -0.2) is 32.4 Å². The van der Waals surface area contributed by atoms with E-state index in [9.17, 15) is 8.42 Å². The molecular formula is C15H25N3O2S. The fraction of sp³-hybridized carbons (Fsp3) is 0.600. The van der Waals surface area contributed by atoms with E-state index in [1.165, 1.54) is 0 Å². The Kier molecular flexibility index (Phi) is 5.61. The Bertz CT molecular complexity index is 554. The van der Waals surface area contributed by atoms with Gasteiger partial charge in [-0.2, -0.15) is 12.7 Å². The normalized spacial score (nSPS) is 18.4.